The normalized spacial score (nSPS) is 15.5. The fourth-order valence-corrected chi connectivity index (χ4v) is 5.64. The van der Waals surface area contributed by atoms with Crippen LogP contribution in [-0.4, -0.2) is 34.1 Å². The van der Waals surface area contributed by atoms with Gasteiger partial charge in [0.1, 0.15) is 5.75 Å². The molecule has 5 rings (SSSR count). The maximum Gasteiger partial charge on any atom is 0.253 e. The molecule has 5 nitrogen and oxygen atoms in total. The lowest BCUT2D eigenvalue weighted by molar-refractivity contribution is -0.130. The van der Waals surface area contributed by atoms with Crippen LogP contribution in [0.1, 0.15) is 30.5 Å². The SMILES string of the molecule is CCn1cc(SCC(=O)N2N=C(c3ccc(Br)cc3)C[C@@H]2c2ccc(OC)cc2)c2ccccc21. The van der Waals surface area contributed by atoms with E-state index < -0.39 is 0 Å². The Bertz CT molecular complexity index is 1380. The Morgan fingerprint density at radius 3 is 2.54 bits per heavy atom. The van der Waals surface area contributed by atoms with Gasteiger partial charge in [0, 0.05) is 39.4 Å². The monoisotopic (exact) mass is 547 g/mol. The summed E-state index contributed by atoms with van der Waals surface area (Å²) in [5.74, 6) is 1.11. The number of carbonyl (C=O) groups excluding carboxylic acids is 1. The summed E-state index contributed by atoms with van der Waals surface area (Å²) < 4.78 is 8.56. The number of para-hydroxylation sites is 1. The van der Waals surface area contributed by atoms with E-state index in [0.29, 0.717) is 12.2 Å². The second-order valence-electron chi connectivity index (χ2n) is 8.37. The molecule has 0 saturated heterocycles. The lowest BCUT2D eigenvalue weighted by Crippen LogP contribution is -2.28. The maximum atomic E-state index is 13.5. The van der Waals surface area contributed by atoms with Gasteiger partial charge < -0.3 is 9.30 Å². The summed E-state index contributed by atoms with van der Waals surface area (Å²) in [6.45, 7) is 3.02. The zero-order chi connectivity index (χ0) is 24.4. The highest BCUT2D eigenvalue weighted by Gasteiger charge is 2.33. The number of ether oxygens (including phenoxy) is 1. The van der Waals surface area contributed by atoms with Crippen LogP contribution in [0.5, 0.6) is 5.75 Å². The van der Waals surface area contributed by atoms with Gasteiger partial charge in [0.05, 0.1) is 24.6 Å². The minimum Gasteiger partial charge on any atom is -0.497 e. The molecule has 0 unspecified atom stereocenters. The van der Waals surface area contributed by atoms with Crippen molar-refractivity contribution in [2.75, 3.05) is 12.9 Å². The number of benzene rings is 3. The molecular weight excluding hydrogens is 522 g/mol. The van der Waals surface area contributed by atoms with Crippen LogP contribution in [0.2, 0.25) is 0 Å². The third kappa shape index (κ3) is 4.88. The molecule has 178 valence electrons. The Morgan fingerprint density at radius 2 is 1.83 bits per heavy atom. The van der Waals surface area contributed by atoms with Crippen LogP contribution >= 0.6 is 27.7 Å². The van der Waals surface area contributed by atoms with Crippen molar-refractivity contribution in [2.45, 2.75) is 30.8 Å². The summed E-state index contributed by atoms with van der Waals surface area (Å²) >= 11 is 5.07. The molecular formula is C28H26BrN3O2S. The van der Waals surface area contributed by atoms with Gasteiger partial charge in [0.25, 0.3) is 5.91 Å². The van der Waals surface area contributed by atoms with E-state index in [4.69, 9.17) is 9.84 Å². The lowest BCUT2D eigenvalue weighted by Gasteiger charge is -2.22. The predicted octanol–water partition coefficient (Wildman–Crippen LogP) is 6.90. The van der Waals surface area contributed by atoms with E-state index in [1.165, 1.54) is 10.9 Å². The average Bonchev–Trinajstić information content (AvgIpc) is 3.50. The van der Waals surface area contributed by atoms with Gasteiger partial charge in [-0.15, -0.1) is 11.8 Å². The Morgan fingerprint density at radius 1 is 1.09 bits per heavy atom. The summed E-state index contributed by atoms with van der Waals surface area (Å²) in [6.07, 6.45) is 2.81. The third-order valence-corrected chi connectivity index (χ3v) is 7.84. The van der Waals surface area contributed by atoms with Gasteiger partial charge in [-0.25, -0.2) is 5.01 Å². The number of hydrazone groups is 1. The summed E-state index contributed by atoms with van der Waals surface area (Å²) in [6, 6.07) is 24.2. The van der Waals surface area contributed by atoms with Gasteiger partial charge in [-0.3, -0.25) is 4.79 Å². The van der Waals surface area contributed by atoms with Crippen molar-refractivity contribution < 1.29 is 9.53 Å². The third-order valence-electron chi connectivity index (χ3n) is 6.29. The second kappa shape index (κ2) is 10.3. The second-order valence-corrected chi connectivity index (χ2v) is 10.3. The molecule has 35 heavy (non-hydrogen) atoms. The topological polar surface area (TPSA) is 46.8 Å². The summed E-state index contributed by atoms with van der Waals surface area (Å²) in [7, 11) is 1.65. The van der Waals surface area contributed by atoms with Gasteiger partial charge in [0.15, 0.2) is 0 Å². The number of fused-ring (bicyclic) bond motifs is 1. The van der Waals surface area contributed by atoms with Crippen molar-refractivity contribution in [3.63, 3.8) is 0 Å². The lowest BCUT2D eigenvalue weighted by atomic mass is 9.98. The van der Waals surface area contributed by atoms with Gasteiger partial charge in [0.2, 0.25) is 0 Å². The van der Waals surface area contributed by atoms with E-state index in [1.807, 2.05) is 54.6 Å². The molecule has 0 saturated carbocycles. The Kier molecular flexibility index (Phi) is 6.97. The van der Waals surface area contributed by atoms with Crippen LogP contribution in [0, 0.1) is 0 Å². The number of halogens is 1. The molecule has 0 aliphatic carbocycles. The Labute approximate surface area is 217 Å². The minimum absolute atomic E-state index is 0.00346. The quantitative estimate of drug-likeness (QED) is 0.236. The van der Waals surface area contributed by atoms with Crippen molar-refractivity contribution in [3.05, 3.63) is 94.6 Å². The van der Waals surface area contributed by atoms with E-state index in [2.05, 4.69) is 51.8 Å². The van der Waals surface area contributed by atoms with Gasteiger partial charge in [-0.2, -0.15) is 5.10 Å². The zero-order valence-corrected chi connectivity index (χ0v) is 22.1. The van der Waals surface area contributed by atoms with Crippen molar-refractivity contribution in [3.8, 4) is 5.75 Å². The van der Waals surface area contributed by atoms with Gasteiger partial charge >= 0.3 is 0 Å². The van der Waals surface area contributed by atoms with E-state index in [9.17, 15) is 4.79 Å². The molecule has 1 atom stereocenters. The molecule has 3 aromatic carbocycles. The molecule has 1 aromatic heterocycles. The predicted molar refractivity (Wildman–Crippen MR) is 146 cm³/mol. The van der Waals surface area contributed by atoms with Gasteiger partial charge in [-0.1, -0.05) is 58.4 Å². The van der Waals surface area contributed by atoms with Crippen LogP contribution in [0.4, 0.5) is 0 Å². The number of nitrogens with zero attached hydrogens (tertiary/aromatic N) is 3. The van der Waals surface area contributed by atoms with Crippen molar-refractivity contribution >= 4 is 50.2 Å². The smallest absolute Gasteiger partial charge is 0.253 e. The van der Waals surface area contributed by atoms with Crippen LogP contribution < -0.4 is 4.74 Å². The van der Waals surface area contributed by atoms with Crippen molar-refractivity contribution in [2.24, 2.45) is 5.10 Å². The molecule has 1 aliphatic heterocycles. The molecule has 4 aromatic rings. The van der Waals surface area contributed by atoms with Crippen LogP contribution in [-0.2, 0) is 11.3 Å². The summed E-state index contributed by atoms with van der Waals surface area (Å²) in [5.41, 5.74) is 4.18. The number of thioether (sulfide) groups is 1. The number of methoxy groups -OCH3 is 1. The van der Waals surface area contributed by atoms with Gasteiger partial charge in [-0.05, 0) is 48.4 Å². The summed E-state index contributed by atoms with van der Waals surface area (Å²) in [5, 5.41) is 7.67. The highest BCUT2D eigenvalue weighted by Crippen LogP contribution is 2.36. The summed E-state index contributed by atoms with van der Waals surface area (Å²) in [4.78, 5) is 14.6. The zero-order valence-electron chi connectivity index (χ0n) is 19.6. The molecule has 7 heteroatoms. The first-order valence-corrected chi connectivity index (χ1v) is 13.4. The number of aromatic nitrogens is 1. The molecule has 2 heterocycles. The van der Waals surface area contributed by atoms with Crippen molar-refractivity contribution in [1.82, 2.24) is 9.58 Å². The fourth-order valence-electron chi connectivity index (χ4n) is 4.44. The maximum absolute atomic E-state index is 13.5. The van der Waals surface area contributed by atoms with Crippen LogP contribution in [0.25, 0.3) is 10.9 Å². The minimum atomic E-state index is -0.148. The van der Waals surface area contributed by atoms with E-state index in [0.717, 1.165) is 38.5 Å². The number of hydrogen-bond acceptors (Lipinski definition) is 4. The first-order chi connectivity index (χ1) is 17.1. The molecule has 0 radical (unpaired) electrons. The number of aryl methyl sites for hydroxylation is 1. The molecule has 0 N–H and O–H groups in total. The first-order valence-electron chi connectivity index (χ1n) is 11.6. The number of amides is 1. The highest BCUT2D eigenvalue weighted by atomic mass is 79.9. The first kappa shape index (κ1) is 23.7. The van der Waals surface area contributed by atoms with E-state index in [1.54, 1.807) is 23.9 Å². The highest BCUT2D eigenvalue weighted by molar-refractivity contribution is 9.10. The number of hydrogen-bond donors (Lipinski definition) is 0. The Hall–Kier alpha value is -3.03. The van der Waals surface area contributed by atoms with E-state index >= 15 is 0 Å². The number of carbonyl (C=O) groups is 1. The number of rotatable bonds is 7. The molecule has 0 spiro atoms. The average molecular weight is 549 g/mol. The van der Waals surface area contributed by atoms with E-state index in [-0.39, 0.29) is 11.9 Å². The molecule has 0 bridgehead atoms. The Balaban J connectivity index is 1.41. The fraction of sp³-hybridized carbons (Fsp3) is 0.214. The van der Waals surface area contributed by atoms with Crippen LogP contribution in [0.15, 0.2) is 93.5 Å². The molecule has 1 aliphatic rings. The molecule has 1 amide bonds. The molecule has 0 fully saturated rings. The van der Waals surface area contributed by atoms with Crippen LogP contribution in [0.3, 0.4) is 0 Å². The standard InChI is InChI=1S/C28H26BrN3O2S/c1-3-31-17-27(23-6-4-5-7-25(23)31)35-18-28(33)32-26(20-10-14-22(34-2)15-11-20)16-24(30-32)19-8-12-21(29)13-9-19/h4-15,17,26H,3,16,18H2,1-2H3/t26-/m1/s1. The largest absolute Gasteiger partial charge is 0.497 e. The van der Waals surface area contributed by atoms with Crippen molar-refractivity contribution in [1.29, 1.82) is 0 Å².